The molecule has 98 valence electrons. The number of benzene rings is 1. The molecular weight excluding hydrogens is 286 g/mol. The number of aromatic nitrogens is 3. The van der Waals surface area contributed by atoms with Crippen LogP contribution in [0.3, 0.4) is 0 Å². The highest BCUT2D eigenvalue weighted by Gasteiger charge is 2.12. The van der Waals surface area contributed by atoms with E-state index in [1.807, 2.05) is 0 Å². The van der Waals surface area contributed by atoms with Crippen molar-refractivity contribution in [3.05, 3.63) is 45.6 Å². The van der Waals surface area contributed by atoms with Gasteiger partial charge in [-0.1, -0.05) is 23.7 Å². The summed E-state index contributed by atoms with van der Waals surface area (Å²) in [6.07, 6.45) is 1.55. The number of rotatable bonds is 4. The molecule has 0 radical (unpaired) electrons. The lowest BCUT2D eigenvalue weighted by Gasteiger charge is -1.99. The van der Waals surface area contributed by atoms with E-state index < -0.39 is 5.97 Å². The number of carboxylic acids is 1. The number of carboxylic acid groups (broad SMARTS) is 1. The van der Waals surface area contributed by atoms with Gasteiger partial charge < -0.3 is 5.11 Å². The molecule has 0 aliphatic rings. The zero-order valence-corrected chi connectivity index (χ0v) is 11.5. The van der Waals surface area contributed by atoms with Crippen LogP contribution in [0.2, 0.25) is 5.02 Å². The standard InChI is InChI=1S/C12H10ClN3O2S/c1-7-14-12(16-15-7)19-10(11(17)18)6-8-2-4-9(13)5-3-8/h2-6H,1H3,(H,17,18)(H,14,15,16). The van der Waals surface area contributed by atoms with Crippen LogP contribution in [0.25, 0.3) is 6.08 Å². The number of nitrogens with zero attached hydrogens (tertiary/aromatic N) is 2. The Morgan fingerprint density at radius 1 is 1.42 bits per heavy atom. The number of thioether (sulfide) groups is 1. The van der Waals surface area contributed by atoms with E-state index in [0.717, 1.165) is 17.3 Å². The van der Waals surface area contributed by atoms with Gasteiger partial charge >= 0.3 is 5.97 Å². The smallest absolute Gasteiger partial charge is 0.342 e. The number of hydrogen-bond donors (Lipinski definition) is 2. The average Bonchev–Trinajstić information content (AvgIpc) is 2.76. The predicted octanol–water partition coefficient (Wildman–Crippen LogP) is 2.98. The Morgan fingerprint density at radius 2 is 2.11 bits per heavy atom. The van der Waals surface area contributed by atoms with Crippen molar-refractivity contribution in [2.24, 2.45) is 0 Å². The molecule has 0 saturated heterocycles. The number of halogens is 1. The van der Waals surface area contributed by atoms with Gasteiger partial charge in [-0.05, 0) is 42.5 Å². The molecule has 0 fully saturated rings. The molecule has 0 amide bonds. The van der Waals surface area contributed by atoms with E-state index in [1.165, 1.54) is 0 Å². The Hall–Kier alpha value is -1.79. The average molecular weight is 296 g/mol. The second kappa shape index (κ2) is 5.90. The van der Waals surface area contributed by atoms with E-state index in [2.05, 4.69) is 15.2 Å². The molecule has 19 heavy (non-hydrogen) atoms. The van der Waals surface area contributed by atoms with Crippen LogP contribution < -0.4 is 0 Å². The van der Waals surface area contributed by atoms with Gasteiger partial charge in [0.25, 0.3) is 0 Å². The van der Waals surface area contributed by atoms with Crippen LogP contribution >= 0.6 is 23.4 Å². The third-order valence-corrected chi connectivity index (χ3v) is 3.29. The minimum atomic E-state index is -1.03. The fraction of sp³-hybridized carbons (Fsp3) is 0.0833. The minimum Gasteiger partial charge on any atom is -0.477 e. The van der Waals surface area contributed by atoms with Crippen LogP contribution in [0.1, 0.15) is 11.4 Å². The fourth-order valence-electron chi connectivity index (χ4n) is 1.31. The molecule has 0 bridgehead atoms. The van der Waals surface area contributed by atoms with Gasteiger partial charge in [0.05, 0.1) is 0 Å². The van der Waals surface area contributed by atoms with Gasteiger partial charge in [-0.25, -0.2) is 9.78 Å². The zero-order chi connectivity index (χ0) is 13.8. The van der Waals surface area contributed by atoms with Gasteiger partial charge in [-0.15, -0.1) is 5.10 Å². The molecule has 0 spiro atoms. The maximum atomic E-state index is 11.2. The number of carbonyl (C=O) groups is 1. The van der Waals surface area contributed by atoms with E-state index in [4.69, 9.17) is 11.6 Å². The largest absolute Gasteiger partial charge is 0.477 e. The van der Waals surface area contributed by atoms with Gasteiger partial charge in [0.1, 0.15) is 10.7 Å². The van der Waals surface area contributed by atoms with Crippen molar-refractivity contribution in [1.29, 1.82) is 0 Å². The number of aromatic amines is 1. The lowest BCUT2D eigenvalue weighted by Crippen LogP contribution is -1.97. The number of H-pyrrole nitrogens is 1. The molecule has 7 heteroatoms. The van der Waals surface area contributed by atoms with Crippen LogP contribution in [0, 0.1) is 6.92 Å². The zero-order valence-electron chi connectivity index (χ0n) is 9.92. The summed E-state index contributed by atoms with van der Waals surface area (Å²) in [4.78, 5) is 15.4. The molecule has 1 heterocycles. The molecule has 2 aromatic rings. The Morgan fingerprint density at radius 3 is 2.63 bits per heavy atom. The van der Waals surface area contributed by atoms with Crippen molar-refractivity contribution in [3.8, 4) is 0 Å². The number of hydrogen-bond acceptors (Lipinski definition) is 4. The molecule has 2 N–H and O–H groups in total. The van der Waals surface area contributed by atoms with Crippen LogP contribution in [0.4, 0.5) is 0 Å². The molecule has 0 aliphatic heterocycles. The lowest BCUT2D eigenvalue weighted by molar-refractivity contribution is -0.131. The third kappa shape index (κ3) is 3.84. The summed E-state index contributed by atoms with van der Waals surface area (Å²) in [5, 5.41) is 16.7. The predicted molar refractivity (Wildman–Crippen MR) is 74.0 cm³/mol. The maximum Gasteiger partial charge on any atom is 0.342 e. The molecular formula is C12H10ClN3O2S. The lowest BCUT2D eigenvalue weighted by atomic mass is 10.2. The van der Waals surface area contributed by atoms with E-state index in [1.54, 1.807) is 37.3 Å². The number of nitrogens with one attached hydrogen (secondary N) is 1. The summed E-state index contributed by atoms with van der Waals surface area (Å²) in [6, 6.07) is 6.90. The Kier molecular flexibility index (Phi) is 4.24. The minimum absolute atomic E-state index is 0.140. The highest BCUT2D eigenvalue weighted by atomic mass is 35.5. The first-order chi connectivity index (χ1) is 9.04. The first-order valence-corrected chi connectivity index (χ1v) is 6.51. The molecule has 0 unspecified atom stereocenters. The second-order valence-corrected chi connectivity index (χ2v) is 5.12. The highest BCUT2D eigenvalue weighted by Crippen LogP contribution is 2.25. The normalized spacial score (nSPS) is 11.6. The van der Waals surface area contributed by atoms with E-state index >= 15 is 0 Å². The fourth-order valence-corrected chi connectivity index (χ4v) is 2.19. The Labute approximate surface area is 118 Å². The number of aryl methyl sites for hydroxylation is 1. The Balaban J connectivity index is 2.24. The SMILES string of the molecule is Cc1nc(SC(=Cc2ccc(Cl)cc2)C(=O)O)n[nH]1. The van der Waals surface area contributed by atoms with E-state index in [9.17, 15) is 9.90 Å². The van der Waals surface area contributed by atoms with Crippen molar-refractivity contribution < 1.29 is 9.90 Å². The summed E-state index contributed by atoms with van der Waals surface area (Å²) in [6.45, 7) is 1.75. The first-order valence-electron chi connectivity index (χ1n) is 5.32. The van der Waals surface area contributed by atoms with Crippen molar-refractivity contribution >= 4 is 35.4 Å². The van der Waals surface area contributed by atoms with Crippen LogP contribution in [0.5, 0.6) is 0 Å². The van der Waals surface area contributed by atoms with E-state index in [-0.39, 0.29) is 4.91 Å². The molecule has 0 atom stereocenters. The van der Waals surface area contributed by atoms with Crippen LogP contribution in [-0.4, -0.2) is 26.3 Å². The molecule has 5 nitrogen and oxygen atoms in total. The maximum absolute atomic E-state index is 11.2. The van der Waals surface area contributed by atoms with E-state index in [0.29, 0.717) is 16.0 Å². The molecule has 2 rings (SSSR count). The Bertz CT molecular complexity index is 622. The summed E-state index contributed by atoms with van der Waals surface area (Å²) >= 11 is 6.77. The summed E-state index contributed by atoms with van der Waals surface area (Å²) in [5.74, 6) is -0.388. The van der Waals surface area contributed by atoms with Crippen molar-refractivity contribution in [3.63, 3.8) is 0 Å². The monoisotopic (exact) mass is 295 g/mol. The first kappa shape index (κ1) is 13.6. The molecule has 1 aromatic carbocycles. The van der Waals surface area contributed by atoms with Crippen LogP contribution in [-0.2, 0) is 4.79 Å². The summed E-state index contributed by atoms with van der Waals surface area (Å²) in [5.41, 5.74) is 0.751. The quantitative estimate of drug-likeness (QED) is 0.669. The van der Waals surface area contributed by atoms with Gasteiger partial charge in [-0.2, -0.15) is 0 Å². The van der Waals surface area contributed by atoms with Gasteiger partial charge in [0, 0.05) is 5.02 Å². The molecule has 0 aliphatic carbocycles. The third-order valence-electron chi connectivity index (χ3n) is 2.16. The highest BCUT2D eigenvalue weighted by molar-refractivity contribution is 8.04. The van der Waals surface area contributed by atoms with Crippen molar-refractivity contribution in [1.82, 2.24) is 15.2 Å². The van der Waals surface area contributed by atoms with Crippen molar-refractivity contribution in [2.75, 3.05) is 0 Å². The van der Waals surface area contributed by atoms with Crippen LogP contribution in [0.15, 0.2) is 34.3 Å². The number of aliphatic carboxylic acids is 1. The van der Waals surface area contributed by atoms with Crippen molar-refractivity contribution in [2.45, 2.75) is 12.1 Å². The summed E-state index contributed by atoms with van der Waals surface area (Å²) < 4.78 is 0. The molecule has 0 saturated carbocycles. The second-order valence-electron chi connectivity index (χ2n) is 3.67. The van der Waals surface area contributed by atoms with Gasteiger partial charge in [-0.3, -0.25) is 5.10 Å². The van der Waals surface area contributed by atoms with Gasteiger partial charge in [0.15, 0.2) is 0 Å². The molecule has 1 aromatic heterocycles. The summed E-state index contributed by atoms with van der Waals surface area (Å²) in [7, 11) is 0. The topological polar surface area (TPSA) is 78.9 Å². The van der Waals surface area contributed by atoms with Gasteiger partial charge in [0.2, 0.25) is 5.16 Å².